The largest absolute Gasteiger partial charge is 0.550 e. The van der Waals surface area contributed by atoms with E-state index in [4.69, 9.17) is 9.47 Å². The zero-order chi connectivity index (χ0) is 39.9. The van der Waals surface area contributed by atoms with E-state index in [0.717, 1.165) is 37.8 Å². The van der Waals surface area contributed by atoms with E-state index in [1.807, 2.05) is 54.1 Å². The molecule has 2 heterocycles. The number of carboxylic acid groups (broad SMARTS) is 2. The number of nitrogens with zero attached hydrogens (tertiary/aromatic N) is 2. The van der Waals surface area contributed by atoms with Crippen LogP contribution in [0.15, 0.2) is 0 Å². The van der Waals surface area contributed by atoms with E-state index in [-0.39, 0.29) is 62.6 Å². The predicted octanol–water partition coefficient (Wildman–Crippen LogP) is 7.00. The Bertz CT molecular complexity index is 1060. The third kappa shape index (κ3) is 18.9. The molecule has 0 bridgehead atoms. The molecule has 2 aliphatic carbocycles. The van der Waals surface area contributed by atoms with Crippen molar-refractivity contribution < 1.29 is 64.6 Å². The van der Waals surface area contributed by atoms with E-state index < -0.39 is 35.0 Å². The first kappa shape index (κ1) is 53.8. The maximum atomic E-state index is 12.2. The topological polar surface area (TPSA) is 153 Å². The summed E-state index contributed by atoms with van der Waals surface area (Å²) < 4.78 is 10.8. The first-order valence-electron chi connectivity index (χ1n) is 20.1. The summed E-state index contributed by atoms with van der Waals surface area (Å²) in [5, 5.41) is 22.8. The Morgan fingerprint density at radius 2 is 1.00 bits per heavy atom. The van der Waals surface area contributed by atoms with Gasteiger partial charge < -0.3 is 47.0 Å². The number of amides is 2. The number of hydrogen-bond acceptors (Lipinski definition) is 9. The second kappa shape index (κ2) is 26.0. The molecule has 14 heteroatoms. The molecule has 0 spiro atoms. The molecule has 0 aromatic rings. The first-order chi connectivity index (χ1) is 24.8. The molecule has 55 heavy (non-hydrogen) atoms. The second-order valence-electron chi connectivity index (χ2n) is 17.4. The van der Waals surface area contributed by atoms with Crippen molar-refractivity contribution in [1.82, 2.24) is 9.80 Å². The number of likely N-dealkylation sites (tertiary alicyclic amines) is 2. The number of carbonyl (C=O) groups is 4. The summed E-state index contributed by atoms with van der Waals surface area (Å²) in [4.78, 5) is 50.1. The van der Waals surface area contributed by atoms with Crippen molar-refractivity contribution in [2.45, 2.75) is 191 Å². The van der Waals surface area contributed by atoms with Gasteiger partial charge in [-0.25, -0.2) is 9.59 Å². The Kier molecular flexibility index (Phi) is 25.4. The van der Waals surface area contributed by atoms with Crippen LogP contribution in [0, 0.1) is 19.3 Å². The molecule has 4 aliphatic rings. The number of nitrogens with two attached hydrogens (primary N) is 1. The molecule has 326 valence electrons. The molecule has 3 N–H and O–H groups in total. The standard InChI is InChI=1S/2C14H25NO4S.C12H23N.CH3.Pd/c2*1-9(12(16)17)11(20-5)10-7-6-8-15(10)13(18)19-14(2,3)4;1-3-7-11(8-4-1)13-12-9-5-2-6-10-12;;/h2*9-11H,6-8H2,1-5H3,(H,16,17);11-13H,1-10H2;1H3;/q;;;-1;/t2*9-,10+,11-;;;/m11.../s1. The van der Waals surface area contributed by atoms with E-state index >= 15 is 0 Å². The van der Waals surface area contributed by atoms with Crippen LogP contribution in [-0.4, -0.2) is 111 Å². The molecule has 4 rings (SSSR count). The van der Waals surface area contributed by atoms with Crippen LogP contribution in [0.4, 0.5) is 9.59 Å². The van der Waals surface area contributed by atoms with Crippen molar-refractivity contribution in [3.8, 4) is 0 Å². The van der Waals surface area contributed by atoms with E-state index in [1.54, 1.807) is 23.6 Å². The van der Waals surface area contributed by atoms with Crippen LogP contribution >= 0.6 is 23.5 Å². The summed E-state index contributed by atoms with van der Waals surface area (Å²) in [5.41, 5.74) is -1.07. The minimum Gasteiger partial charge on any atom is -0.550 e. The molecule has 11 nitrogen and oxygen atoms in total. The van der Waals surface area contributed by atoms with Gasteiger partial charge in [0.2, 0.25) is 0 Å². The Labute approximate surface area is 356 Å². The van der Waals surface area contributed by atoms with Gasteiger partial charge in [0.1, 0.15) is 11.2 Å². The van der Waals surface area contributed by atoms with Gasteiger partial charge in [0.25, 0.3) is 0 Å². The number of thioether (sulfide) groups is 2. The monoisotopic (exact) mass is 908 g/mol. The van der Waals surface area contributed by atoms with Crippen molar-refractivity contribution in [3.05, 3.63) is 7.43 Å². The fourth-order valence-corrected chi connectivity index (χ4v) is 10.3. The maximum Gasteiger partial charge on any atom is 0.410 e. The fraction of sp³-hybridized carbons (Fsp3) is 0.878. The minimum absolute atomic E-state index is 0. The number of ether oxygens (including phenoxy) is 2. The average Bonchev–Trinajstić information content (AvgIpc) is 3.76. The Balaban J connectivity index is 0.000000797. The summed E-state index contributed by atoms with van der Waals surface area (Å²) in [5.74, 6) is -2.98. The van der Waals surface area contributed by atoms with Gasteiger partial charge in [-0.2, -0.15) is 23.5 Å². The summed E-state index contributed by atoms with van der Waals surface area (Å²) >= 11 is 2.98. The Morgan fingerprint density at radius 1 is 0.655 bits per heavy atom. The third-order valence-corrected chi connectivity index (χ3v) is 13.3. The Hall–Kier alpha value is -1.20. The summed E-state index contributed by atoms with van der Waals surface area (Å²) in [7, 11) is 0. The van der Waals surface area contributed by atoms with Crippen molar-refractivity contribution in [3.63, 3.8) is 0 Å². The van der Waals surface area contributed by atoms with Crippen LogP contribution in [0.5, 0.6) is 0 Å². The van der Waals surface area contributed by atoms with Crippen LogP contribution in [-0.2, 0) is 39.5 Å². The van der Waals surface area contributed by atoms with Gasteiger partial charge in [-0.15, -0.1) is 0 Å². The minimum atomic E-state index is -1.07. The molecule has 6 atom stereocenters. The van der Waals surface area contributed by atoms with Crippen LogP contribution in [0.2, 0.25) is 0 Å². The number of aliphatic carboxylic acids is 2. The van der Waals surface area contributed by atoms with Crippen LogP contribution in [0.1, 0.15) is 145 Å². The van der Waals surface area contributed by atoms with Crippen molar-refractivity contribution in [1.29, 1.82) is 0 Å². The molecule has 0 unspecified atom stereocenters. The van der Waals surface area contributed by atoms with Gasteiger partial charge in [-0.1, -0.05) is 26.7 Å². The zero-order valence-corrected chi connectivity index (χ0v) is 39.0. The van der Waals surface area contributed by atoms with Gasteiger partial charge in [0, 0.05) is 68.0 Å². The summed E-state index contributed by atoms with van der Waals surface area (Å²) in [6, 6.07) is 1.83. The number of quaternary nitrogens is 1. The van der Waals surface area contributed by atoms with E-state index in [0.29, 0.717) is 13.1 Å². The number of rotatable bonds is 10. The average molecular weight is 910 g/mol. The van der Waals surface area contributed by atoms with Crippen LogP contribution in [0.3, 0.4) is 0 Å². The molecular weight excluding hydrogens is 833 g/mol. The van der Waals surface area contributed by atoms with Gasteiger partial charge >= 0.3 is 18.2 Å². The second-order valence-corrected chi connectivity index (χ2v) is 19.4. The number of hydrogen-bond donors (Lipinski definition) is 2. The molecular formula is C41H76N3O8PdS2-. The molecule has 4 fully saturated rings. The van der Waals surface area contributed by atoms with Crippen LogP contribution < -0.4 is 10.4 Å². The van der Waals surface area contributed by atoms with Gasteiger partial charge in [0.05, 0.1) is 18.0 Å². The quantitative estimate of drug-likeness (QED) is 0.173. The predicted molar refractivity (Wildman–Crippen MR) is 220 cm³/mol. The van der Waals surface area contributed by atoms with Crippen LogP contribution in [0.25, 0.3) is 0 Å². The number of carbonyl (C=O) groups excluding carboxylic acids is 3. The summed E-state index contributed by atoms with van der Waals surface area (Å²) in [6.07, 6.45) is 21.4. The third-order valence-electron chi connectivity index (χ3n) is 10.7. The molecule has 0 aromatic heterocycles. The first-order valence-corrected chi connectivity index (χ1v) is 22.7. The smallest absolute Gasteiger partial charge is 0.410 e. The molecule has 2 aliphatic heterocycles. The van der Waals surface area contributed by atoms with E-state index in [9.17, 15) is 29.4 Å². The van der Waals surface area contributed by atoms with Crippen molar-refractivity contribution >= 4 is 47.6 Å². The normalized spacial score (nSPS) is 22.9. The SMILES string of the molecule is C1CCC([NH2+]C2CCCCC2)CC1.CS[C@H]([C@@H](C)C(=O)O)[C@@H]1CCCN1C(=O)OC(C)(C)C.CS[C@H]([C@@H](C)C(=O)[O-])[C@@H]1CCCN1C(=O)OC(C)(C)C.[CH3-].[Pd]. The molecule has 2 saturated carbocycles. The van der Waals surface area contributed by atoms with Crippen molar-refractivity contribution in [2.24, 2.45) is 11.8 Å². The number of carboxylic acids is 2. The summed E-state index contributed by atoms with van der Waals surface area (Å²) in [6.45, 7) is 15.6. The van der Waals surface area contributed by atoms with Crippen molar-refractivity contribution in [2.75, 3.05) is 25.6 Å². The Morgan fingerprint density at radius 3 is 1.29 bits per heavy atom. The maximum absolute atomic E-state index is 12.2. The fourth-order valence-electron chi connectivity index (χ4n) is 8.06. The zero-order valence-electron chi connectivity index (χ0n) is 35.8. The molecule has 2 amide bonds. The molecule has 0 aromatic carbocycles. The molecule has 0 radical (unpaired) electrons. The van der Waals surface area contributed by atoms with Gasteiger partial charge in [-0.05, 0) is 131 Å². The van der Waals surface area contributed by atoms with Gasteiger partial charge in [0.15, 0.2) is 0 Å². The van der Waals surface area contributed by atoms with E-state index in [1.165, 1.54) is 87.7 Å². The van der Waals surface area contributed by atoms with Gasteiger partial charge in [-0.3, -0.25) is 4.79 Å². The van der Waals surface area contributed by atoms with E-state index in [2.05, 4.69) is 5.32 Å². The molecule has 2 saturated heterocycles.